The molecule has 0 aliphatic carbocycles. The van der Waals surface area contributed by atoms with Crippen molar-refractivity contribution in [3.05, 3.63) is 52.0 Å². The molecule has 0 unspecified atom stereocenters. The smallest absolute Gasteiger partial charge is 0.337 e. The summed E-state index contributed by atoms with van der Waals surface area (Å²) < 4.78 is 0.662. The molecule has 4 N–H and O–H groups in total. The molecule has 0 radical (unpaired) electrons. The number of nitrogen functional groups attached to an aromatic ring is 1. The quantitative estimate of drug-likeness (QED) is 0.749. The Morgan fingerprint density at radius 1 is 1.25 bits per heavy atom. The Hall–Kier alpha value is -2.52. The van der Waals surface area contributed by atoms with E-state index in [2.05, 4.69) is 21.2 Å². The minimum atomic E-state index is -1.04. The summed E-state index contributed by atoms with van der Waals surface area (Å²) in [6.45, 7) is 0. The first kappa shape index (κ1) is 13.9. The van der Waals surface area contributed by atoms with E-state index < -0.39 is 5.97 Å². The first-order valence-corrected chi connectivity index (χ1v) is 6.40. The molecule has 2 aromatic rings. The number of aromatic carboxylic acids is 1. The van der Waals surface area contributed by atoms with E-state index in [1.807, 2.05) is 6.07 Å². The molecule has 20 heavy (non-hydrogen) atoms. The van der Waals surface area contributed by atoms with Crippen molar-refractivity contribution in [3.8, 4) is 6.07 Å². The summed E-state index contributed by atoms with van der Waals surface area (Å²) in [5.74, 6) is -1.04. The summed E-state index contributed by atoms with van der Waals surface area (Å²) in [5, 5.41) is 21.0. The number of nitrogens with two attached hydrogens (primary N) is 1. The minimum Gasteiger partial charge on any atom is -0.478 e. The molecule has 6 heteroatoms. The number of benzene rings is 2. The number of rotatable bonds is 3. The van der Waals surface area contributed by atoms with E-state index in [1.165, 1.54) is 12.1 Å². The van der Waals surface area contributed by atoms with Crippen molar-refractivity contribution < 1.29 is 9.90 Å². The van der Waals surface area contributed by atoms with Crippen molar-refractivity contribution in [2.24, 2.45) is 0 Å². The van der Waals surface area contributed by atoms with Gasteiger partial charge < -0.3 is 16.2 Å². The second-order valence-corrected chi connectivity index (χ2v) is 4.90. The normalized spacial score (nSPS) is 9.80. The molecule has 5 nitrogen and oxygen atoms in total. The number of carboxylic acids is 1. The highest BCUT2D eigenvalue weighted by Gasteiger charge is 2.11. The molecule has 0 bridgehead atoms. The fraction of sp³-hybridized carbons (Fsp3) is 0. The summed E-state index contributed by atoms with van der Waals surface area (Å²) in [6, 6.07) is 11.5. The van der Waals surface area contributed by atoms with Crippen molar-refractivity contribution in [2.75, 3.05) is 11.1 Å². The molecular weight excluding hydrogens is 322 g/mol. The third kappa shape index (κ3) is 2.90. The first-order chi connectivity index (χ1) is 9.51. The van der Waals surface area contributed by atoms with Crippen LogP contribution in [0.15, 0.2) is 40.9 Å². The maximum atomic E-state index is 11.2. The van der Waals surface area contributed by atoms with Crippen LogP contribution in [0.1, 0.15) is 15.9 Å². The van der Waals surface area contributed by atoms with Crippen LogP contribution >= 0.6 is 15.9 Å². The highest BCUT2D eigenvalue weighted by molar-refractivity contribution is 9.10. The van der Waals surface area contributed by atoms with E-state index in [9.17, 15) is 4.79 Å². The van der Waals surface area contributed by atoms with Crippen molar-refractivity contribution >= 4 is 39.0 Å². The van der Waals surface area contributed by atoms with Gasteiger partial charge in [-0.2, -0.15) is 5.26 Å². The lowest BCUT2D eigenvalue weighted by molar-refractivity contribution is 0.0698. The average Bonchev–Trinajstić information content (AvgIpc) is 2.40. The predicted octanol–water partition coefficient (Wildman–Crippen LogP) is 3.34. The summed E-state index contributed by atoms with van der Waals surface area (Å²) in [4.78, 5) is 11.2. The van der Waals surface area contributed by atoms with Crippen molar-refractivity contribution in [1.82, 2.24) is 0 Å². The zero-order valence-electron chi connectivity index (χ0n) is 10.2. The number of nitriles is 1. The Bertz CT molecular complexity index is 723. The van der Waals surface area contributed by atoms with Crippen molar-refractivity contribution in [2.45, 2.75) is 0 Å². The van der Waals surface area contributed by atoms with Crippen LogP contribution in [-0.2, 0) is 0 Å². The Kier molecular flexibility index (Phi) is 3.91. The SMILES string of the molecule is N#Cc1ccc(Nc2cc(N)ccc2C(=O)O)c(Br)c1. The molecule has 0 amide bonds. The van der Waals surface area contributed by atoms with Gasteiger partial charge >= 0.3 is 5.97 Å². The number of nitrogens with one attached hydrogen (secondary N) is 1. The van der Waals surface area contributed by atoms with E-state index >= 15 is 0 Å². The van der Waals surface area contributed by atoms with Gasteiger partial charge in [-0.25, -0.2) is 4.79 Å². The number of halogens is 1. The molecule has 0 aliphatic heterocycles. The van der Waals surface area contributed by atoms with E-state index in [-0.39, 0.29) is 5.56 Å². The van der Waals surface area contributed by atoms with Gasteiger partial charge in [0, 0.05) is 10.2 Å². The maximum absolute atomic E-state index is 11.2. The van der Waals surface area contributed by atoms with Gasteiger partial charge in [0.1, 0.15) is 0 Å². The summed E-state index contributed by atoms with van der Waals surface area (Å²) in [7, 11) is 0. The Labute approximate surface area is 123 Å². The third-order valence-corrected chi connectivity index (χ3v) is 3.30. The lowest BCUT2D eigenvalue weighted by atomic mass is 10.1. The highest BCUT2D eigenvalue weighted by Crippen LogP contribution is 2.29. The standard InChI is InChI=1S/C14H10BrN3O2/c15-11-5-8(7-16)1-4-12(11)18-13-6-9(17)2-3-10(13)14(19)20/h1-6,18H,17H2,(H,19,20). The summed E-state index contributed by atoms with van der Waals surface area (Å²) in [6.07, 6.45) is 0. The van der Waals surface area contributed by atoms with Crippen LogP contribution in [0.5, 0.6) is 0 Å². The molecule has 0 atom stereocenters. The molecule has 2 aromatic carbocycles. The zero-order chi connectivity index (χ0) is 14.7. The molecule has 2 rings (SSSR count). The van der Waals surface area contributed by atoms with Gasteiger partial charge in [-0.05, 0) is 52.3 Å². The van der Waals surface area contributed by atoms with Crippen molar-refractivity contribution in [3.63, 3.8) is 0 Å². The highest BCUT2D eigenvalue weighted by atomic mass is 79.9. The number of nitrogens with zero attached hydrogens (tertiary/aromatic N) is 1. The van der Waals surface area contributed by atoms with Gasteiger partial charge in [0.25, 0.3) is 0 Å². The van der Waals surface area contributed by atoms with Gasteiger partial charge in [-0.1, -0.05) is 0 Å². The largest absolute Gasteiger partial charge is 0.478 e. The van der Waals surface area contributed by atoms with Gasteiger partial charge in [0.15, 0.2) is 0 Å². The summed E-state index contributed by atoms with van der Waals surface area (Å²) in [5.41, 5.74) is 7.81. The van der Waals surface area contributed by atoms with Crippen LogP contribution in [-0.4, -0.2) is 11.1 Å². The molecule has 0 heterocycles. The van der Waals surface area contributed by atoms with E-state index in [0.717, 1.165) is 0 Å². The van der Waals surface area contributed by atoms with Gasteiger partial charge in [0.05, 0.1) is 28.6 Å². The Morgan fingerprint density at radius 3 is 2.60 bits per heavy atom. The molecule has 100 valence electrons. The van der Waals surface area contributed by atoms with Gasteiger partial charge in [-0.15, -0.1) is 0 Å². The van der Waals surface area contributed by atoms with Crippen molar-refractivity contribution in [1.29, 1.82) is 5.26 Å². The maximum Gasteiger partial charge on any atom is 0.337 e. The fourth-order valence-electron chi connectivity index (χ4n) is 1.68. The molecule has 0 saturated carbocycles. The van der Waals surface area contributed by atoms with Crippen LogP contribution in [0.4, 0.5) is 17.1 Å². The van der Waals surface area contributed by atoms with Crippen LogP contribution in [0.2, 0.25) is 0 Å². The number of hydrogen-bond acceptors (Lipinski definition) is 4. The van der Waals surface area contributed by atoms with Crippen LogP contribution in [0.3, 0.4) is 0 Å². The lowest BCUT2D eigenvalue weighted by Crippen LogP contribution is -2.04. The molecular formula is C14H10BrN3O2. The third-order valence-electron chi connectivity index (χ3n) is 2.64. The molecule has 0 spiro atoms. The number of carbonyl (C=O) groups is 1. The van der Waals surface area contributed by atoms with E-state index in [0.29, 0.717) is 27.1 Å². The topological polar surface area (TPSA) is 99.1 Å². The second kappa shape index (κ2) is 5.63. The fourth-order valence-corrected chi connectivity index (χ4v) is 2.16. The van der Waals surface area contributed by atoms with Crippen LogP contribution in [0, 0.1) is 11.3 Å². The monoisotopic (exact) mass is 331 g/mol. The van der Waals surface area contributed by atoms with Crippen LogP contribution < -0.4 is 11.1 Å². The predicted molar refractivity (Wildman–Crippen MR) is 80.0 cm³/mol. The zero-order valence-corrected chi connectivity index (χ0v) is 11.8. The molecule has 0 aromatic heterocycles. The average molecular weight is 332 g/mol. The summed E-state index contributed by atoms with van der Waals surface area (Å²) >= 11 is 3.33. The van der Waals surface area contributed by atoms with Crippen LogP contribution in [0.25, 0.3) is 0 Å². The van der Waals surface area contributed by atoms with Gasteiger partial charge in [-0.3, -0.25) is 0 Å². The molecule has 0 aliphatic rings. The van der Waals surface area contributed by atoms with E-state index in [1.54, 1.807) is 24.3 Å². The number of anilines is 3. The lowest BCUT2D eigenvalue weighted by Gasteiger charge is -2.12. The van der Waals surface area contributed by atoms with E-state index in [4.69, 9.17) is 16.1 Å². The Morgan fingerprint density at radius 2 is 2.00 bits per heavy atom. The second-order valence-electron chi connectivity index (χ2n) is 4.04. The number of carboxylic acid groups (broad SMARTS) is 1. The minimum absolute atomic E-state index is 0.121. The van der Waals surface area contributed by atoms with Gasteiger partial charge in [0.2, 0.25) is 0 Å². The first-order valence-electron chi connectivity index (χ1n) is 5.61. The molecule has 0 fully saturated rings. The number of hydrogen-bond donors (Lipinski definition) is 3. The Balaban J connectivity index is 2.42. The molecule has 0 saturated heterocycles.